The van der Waals surface area contributed by atoms with Crippen LogP contribution < -0.4 is 5.73 Å². The normalized spacial score (nSPS) is 11.0. The average Bonchev–Trinajstić information content (AvgIpc) is 3.12. The number of benzene rings is 3. The molecule has 3 aromatic carbocycles. The Morgan fingerprint density at radius 1 is 0.926 bits per heavy atom. The van der Waals surface area contributed by atoms with Crippen LogP contribution in [-0.2, 0) is 12.8 Å². The number of carbonyl (C=O) groups is 1. The molecule has 0 spiro atoms. The van der Waals surface area contributed by atoms with Crippen molar-refractivity contribution in [2.24, 2.45) is 5.73 Å². The smallest absolute Gasteiger partial charge is 0.248 e. The van der Waals surface area contributed by atoms with Gasteiger partial charge in [0.1, 0.15) is 5.82 Å². The first-order valence-electron chi connectivity index (χ1n) is 9.09. The van der Waals surface area contributed by atoms with Gasteiger partial charge in [0.05, 0.1) is 11.0 Å². The molecule has 0 aliphatic carbocycles. The Hall–Kier alpha value is -3.40. The second kappa shape index (κ2) is 7.08. The maximum Gasteiger partial charge on any atom is 0.248 e. The number of nitrogens with one attached hydrogen (secondary N) is 1. The molecule has 0 atom stereocenters. The van der Waals surface area contributed by atoms with E-state index in [0.717, 1.165) is 35.3 Å². The van der Waals surface area contributed by atoms with Gasteiger partial charge in [-0.25, -0.2) is 4.98 Å². The van der Waals surface area contributed by atoms with Crippen LogP contribution in [0.25, 0.3) is 22.4 Å². The fraction of sp³-hybridized carbons (Fsp3) is 0.130. The maximum absolute atomic E-state index is 11.3. The third-order valence-electron chi connectivity index (χ3n) is 4.83. The summed E-state index contributed by atoms with van der Waals surface area (Å²) in [6, 6.07) is 22.4. The van der Waals surface area contributed by atoms with Crippen molar-refractivity contribution in [1.82, 2.24) is 9.97 Å². The van der Waals surface area contributed by atoms with E-state index in [1.165, 1.54) is 16.7 Å². The van der Waals surface area contributed by atoms with Crippen LogP contribution in [0.4, 0.5) is 0 Å². The molecule has 134 valence electrons. The summed E-state index contributed by atoms with van der Waals surface area (Å²) >= 11 is 0. The number of primary amides is 1. The standard InChI is InChI=1S/C23H21N3O/c1-2-15-3-5-16(6-4-15)13-17-7-9-18(10-8-17)23-25-20-12-11-19(22(24)27)14-21(20)26-23/h3-12,14H,2,13H2,1H3,(H2,24,27)(H,25,26). The Labute approximate surface area is 158 Å². The number of hydrogen-bond acceptors (Lipinski definition) is 2. The number of aryl methyl sites for hydroxylation is 1. The number of amides is 1. The Morgan fingerprint density at radius 2 is 1.56 bits per heavy atom. The first-order valence-corrected chi connectivity index (χ1v) is 9.09. The predicted molar refractivity (Wildman–Crippen MR) is 109 cm³/mol. The summed E-state index contributed by atoms with van der Waals surface area (Å²) in [6.07, 6.45) is 1.97. The van der Waals surface area contributed by atoms with E-state index in [-0.39, 0.29) is 0 Å². The monoisotopic (exact) mass is 355 g/mol. The molecular formula is C23H21N3O. The van der Waals surface area contributed by atoms with E-state index in [1.54, 1.807) is 12.1 Å². The largest absolute Gasteiger partial charge is 0.366 e. The molecule has 27 heavy (non-hydrogen) atoms. The lowest BCUT2D eigenvalue weighted by Gasteiger charge is -2.04. The summed E-state index contributed by atoms with van der Waals surface area (Å²) in [6.45, 7) is 2.17. The fourth-order valence-electron chi connectivity index (χ4n) is 3.20. The number of aromatic nitrogens is 2. The van der Waals surface area contributed by atoms with Gasteiger partial charge < -0.3 is 10.7 Å². The SMILES string of the molecule is CCc1ccc(Cc2ccc(-c3nc4cc(C(N)=O)ccc4[nH]3)cc2)cc1. The van der Waals surface area contributed by atoms with E-state index in [1.807, 2.05) is 6.07 Å². The van der Waals surface area contributed by atoms with Gasteiger partial charge in [0.25, 0.3) is 0 Å². The molecule has 0 aliphatic heterocycles. The highest BCUT2D eigenvalue weighted by Gasteiger charge is 2.08. The molecule has 0 saturated heterocycles. The van der Waals surface area contributed by atoms with Crippen molar-refractivity contribution >= 4 is 16.9 Å². The summed E-state index contributed by atoms with van der Waals surface area (Å²) in [5, 5.41) is 0. The van der Waals surface area contributed by atoms with Crippen LogP contribution >= 0.6 is 0 Å². The minimum Gasteiger partial charge on any atom is -0.366 e. The number of hydrogen-bond donors (Lipinski definition) is 2. The first-order chi connectivity index (χ1) is 13.1. The number of imidazole rings is 1. The van der Waals surface area contributed by atoms with Gasteiger partial charge in [-0.1, -0.05) is 55.5 Å². The van der Waals surface area contributed by atoms with Crippen LogP contribution in [0.2, 0.25) is 0 Å². The van der Waals surface area contributed by atoms with Crippen molar-refractivity contribution in [2.75, 3.05) is 0 Å². The molecule has 0 radical (unpaired) electrons. The van der Waals surface area contributed by atoms with Crippen molar-refractivity contribution in [2.45, 2.75) is 19.8 Å². The van der Waals surface area contributed by atoms with Crippen LogP contribution in [-0.4, -0.2) is 15.9 Å². The van der Waals surface area contributed by atoms with Crippen LogP contribution in [0.15, 0.2) is 66.7 Å². The summed E-state index contributed by atoms with van der Waals surface area (Å²) in [5.74, 6) is 0.336. The molecule has 4 aromatic rings. The van der Waals surface area contributed by atoms with E-state index in [9.17, 15) is 4.79 Å². The first kappa shape index (κ1) is 17.0. The lowest BCUT2D eigenvalue weighted by atomic mass is 10.0. The average molecular weight is 355 g/mol. The van der Waals surface area contributed by atoms with Gasteiger partial charge in [-0.3, -0.25) is 4.79 Å². The van der Waals surface area contributed by atoms with Gasteiger partial charge in [0.2, 0.25) is 5.91 Å². The van der Waals surface area contributed by atoms with E-state index >= 15 is 0 Å². The minimum absolute atomic E-state index is 0.447. The van der Waals surface area contributed by atoms with Crippen LogP contribution in [0.3, 0.4) is 0 Å². The van der Waals surface area contributed by atoms with Crippen molar-refractivity contribution in [1.29, 1.82) is 0 Å². The fourth-order valence-corrected chi connectivity index (χ4v) is 3.20. The number of carbonyl (C=O) groups excluding carboxylic acids is 1. The maximum atomic E-state index is 11.3. The molecule has 3 N–H and O–H groups in total. The van der Waals surface area contributed by atoms with E-state index in [0.29, 0.717) is 5.56 Å². The number of fused-ring (bicyclic) bond motifs is 1. The number of nitrogens with two attached hydrogens (primary N) is 1. The van der Waals surface area contributed by atoms with Gasteiger partial charge in [0, 0.05) is 11.1 Å². The zero-order valence-electron chi connectivity index (χ0n) is 15.2. The van der Waals surface area contributed by atoms with Crippen molar-refractivity contribution in [3.8, 4) is 11.4 Å². The van der Waals surface area contributed by atoms with Gasteiger partial charge >= 0.3 is 0 Å². The summed E-state index contributed by atoms with van der Waals surface area (Å²) in [4.78, 5) is 19.2. The van der Waals surface area contributed by atoms with Crippen LogP contribution in [0.1, 0.15) is 34.0 Å². The lowest BCUT2D eigenvalue weighted by molar-refractivity contribution is 0.100. The highest BCUT2D eigenvalue weighted by molar-refractivity contribution is 5.96. The quantitative estimate of drug-likeness (QED) is 0.554. The number of H-pyrrole nitrogens is 1. The van der Waals surface area contributed by atoms with E-state index in [4.69, 9.17) is 5.73 Å². The summed E-state index contributed by atoms with van der Waals surface area (Å²) in [7, 11) is 0. The second-order valence-corrected chi connectivity index (χ2v) is 6.73. The Bertz CT molecular complexity index is 1090. The van der Waals surface area contributed by atoms with Crippen molar-refractivity contribution in [3.63, 3.8) is 0 Å². The van der Waals surface area contributed by atoms with Crippen molar-refractivity contribution < 1.29 is 4.79 Å². The predicted octanol–water partition coefficient (Wildman–Crippen LogP) is 4.48. The molecule has 4 rings (SSSR count). The van der Waals surface area contributed by atoms with Gasteiger partial charge in [0.15, 0.2) is 0 Å². The Kier molecular flexibility index (Phi) is 4.47. The third-order valence-corrected chi connectivity index (χ3v) is 4.83. The summed E-state index contributed by atoms with van der Waals surface area (Å²) < 4.78 is 0. The van der Waals surface area contributed by atoms with Crippen molar-refractivity contribution in [3.05, 3.63) is 89.0 Å². The number of aromatic amines is 1. The molecule has 0 saturated carbocycles. The topological polar surface area (TPSA) is 71.8 Å². The third kappa shape index (κ3) is 3.60. The number of nitrogens with zero attached hydrogens (tertiary/aromatic N) is 1. The minimum atomic E-state index is -0.447. The highest BCUT2D eigenvalue weighted by atomic mass is 16.1. The Balaban J connectivity index is 1.56. The summed E-state index contributed by atoms with van der Waals surface area (Å²) in [5.41, 5.74) is 12.4. The molecule has 0 fully saturated rings. The molecule has 4 heteroatoms. The molecule has 4 nitrogen and oxygen atoms in total. The Morgan fingerprint density at radius 3 is 2.19 bits per heavy atom. The van der Waals surface area contributed by atoms with E-state index in [2.05, 4.69) is 65.4 Å². The molecular weight excluding hydrogens is 334 g/mol. The van der Waals surface area contributed by atoms with Crippen LogP contribution in [0, 0.1) is 0 Å². The number of rotatable bonds is 5. The van der Waals surface area contributed by atoms with Crippen LogP contribution in [0.5, 0.6) is 0 Å². The zero-order chi connectivity index (χ0) is 18.8. The molecule has 0 unspecified atom stereocenters. The van der Waals surface area contributed by atoms with E-state index < -0.39 is 5.91 Å². The molecule has 1 heterocycles. The second-order valence-electron chi connectivity index (χ2n) is 6.73. The molecule has 0 bridgehead atoms. The van der Waals surface area contributed by atoms with Gasteiger partial charge in [-0.05, 0) is 47.7 Å². The van der Waals surface area contributed by atoms with Gasteiger partial charge in [-0.2, -0.15) is 0 Å². The van der Waals surface area contributed by atoms with Gasteiger partial charge in [-0.15, -0.1) is 0 Å². The molecule has 1 aromatic heterocycles. The highest BCUT2D eigenvalue weighted by Crippen LogP contribution is 2.22. The zero-order valence-corrected chi connectivity index (χ0v) is 15.2. The molecule has 1 amide bonds. The lowest BCUT2D eigenvalue weighted by Crippen LogP contribution is -2.10. The molecule has 0 aliphatic rings.